The van der Waals surface area contributed by atoms with Crippen LogP contribution in [0.3, 0.4) is 0 Å². The second-order valence-corrected chi connectivity index (χ2v) is 8.87. The highest BCUT2D eigenvalue weighted by Gasteiger charge is 2.34. The third kappa shape index (κ3) is 4.05. The number of carbonyl (C=O) groups excluding carboxylic acids is 1. The predicted molar refractivity (Wildman–Crippen MR) is 103 cm³/mol. The fraction of sp³-hybridized carbons (Fsp3) is 0.474. The lowest BCUT2D eigenvalue weighted by Gasteiger charge is -2.33. The number of benzene rings is 1. The van der Waals surface area contributed by atoms with Gasteiger partial charge in [-0.2, -0.15) is 4.31 Å². The Kier molecular flexibility index (Phi) is 5.76. The largest absolute Gasteiger partial charge is 0.484 e. The highest BCUT2D eigenvalue weighted by Crippen LogP contribution is 2.24. The molecule has 0 saturated carbocycles. The van der Waals surface area contributed by atoms with Gasteiger partial charge < -0.3 is 14.2 Å². The number of hydrogen-bond donors (Lipinski definition) is 0. The SMILES string of the molecule is Cc1ccc(OCC(=O)N2CCN(S(=O)(=O)c3c(C)noc3C)CC2)c(C)c1. The van der Waals surface area contributed by atoms with Gasteiger partial charge in [0.1, 0.15) is 16.3 Å². The minimum absolute atomic E-state index is 0.0689. The molecule has 1 fully saturated rings. The lowest BCUT2D eigenvalue weighted by atomic mass is 10.1. The molecule has 8 nitrogen and oxygen atoms in total. The first-order chi connectivity index (χ1) is 13.2. The van der Waals surface area contributed by atoms with Gasteiger partial charge in [-0.25, -0.2) is 8.42 Å². The average Bonchev–Trinajstić information content (AvgIpc) is 3.00. The highest BCUT2D eigenvalue weighted by molar-refractivity contribution is 7.89. The van der Waals surface area contributed by atoms with Gasteiger partial charge in [0.25, 0.3) is 5.91 Å². The number of aryl methyl sites for hydroxylation is 4. The van der Waals surface area contributed by atoms with E-state index in [4.69, 9.17) is 9.26 Å². The maximum Gasteiger partial charge on any atom is 0.260 e. The number of amides is 1. The van der Waals surface area contributed by atoms with Crippen molar-refractivity contribution < 1.29 is 22.5 Å². The van der Waals surface area contributed by atoms with Gasteiger partial charge >= 0.3 is 0 Å². The van der Waals surface area contributed by atoms with Crippen molar-refractivity contribution in [2.24, 2.45) is 0 Å². The third-order valence-electron chi connectivity index (χ3n) is 4.84. The van der Waals surface area contributed by atoms with Crippen molar-refractivity contribution in [2.75, 3.05) is 32.8 Å². The van der Waals surface area contributed by atoms with E-state index >= 15 is 0 Å². The molecule has 1 aliphatic heterocycles. The Bertz CT molecular complexity index is 956. The first-order valence-corrected chi connectivity index (χ1v) is 10.5. The molecule has 1 aromatic heterocycles. The smallest absolute Gasteiger partial charge is 0.260 e. The molecule has 0 spiro atoms. The number of aromatic nitrogens is 1. The van der Waals surface area contributed by atoms with Crippen molar-refractivity contribution in [3.8, 4) is 5.75 Å². The average molecular weight is 407 g/mol. The van der Waals surface area contributed by atoms with Gasteiger partial charge in [-0.15, -0.1) is 0 Å². The molecule has 1 amide bonds. The Morgan fingerprint density at radius 2 is 1.82 bits per heavy atom. The van der Waals surface area contributed by atoms with Gasteiger partial charge in [-0.05, 0) is 39.3 Å². The van der Waals surface area contributed by atoms with E-state index < -0.39 is 10.0 Å². The molecule has 28 heavy (non-hydrogen) atoms. The van der Waals surface area contributed by atoms with E-state index in [-0.39, 0.29) is 36.3 Å². The third-order valence-corrected chi connectivity index (χ3v) is 6.98. The highest BCUT2D eigenvalue weighted by atomic mass is 32.2. The lowest BCUT2D eigenvalue weighted by molar-refractivity contribution is -0.134. The minimum atomic E-state index is -3.69. The maximum absolute atomic E-state index is 12.8. The van der Waals surface area contributed by atoms with E-state index in [1.54, 1.807) is 18.7 Å². The summed E-state index contributed by atoms with van der Waals surface area (Å²) >= 11 is 0. The van der Waals surface area contributed by atoms with Crippen LogP contribution in [0, 0.1) is 27.7 Å². The summed E-state index contributed by atoms with van der Waals surface area (Å²) in [6, 6.07) is 5.79. The molecule has 0 atom stereocenters. The quantitative estimate of drug-likeness (QED) is 0.751. The fourth-order valence-electron chi connectivity index (χ4n) is 3.34. The van der Waals surface area contributed by atoms with Gasteiger partial charge in [0.05, 0.1) is 0 Å². The Hall–Kier alpha value is -2.39. The molecule has 3 rings (SSSR count). The van der Waals surface area contributed by atoms with Crippen molar-refractivity contribution in [1.82, 2.24) is 14.4 Å². The van der Waals surface area contributed by atoms with Crippen molar-refractivity contribution in [2.45, 2.75) is 32.6 Å². The van der Waals surface area contributed by atoms with Crippen LogP contribution in [0.4, 0.5) is 0 Å². The van der Waals surface area contributed by atoms with E-state index in [1.807, 2.05) is 32.0 Å². The molecule has 1 aliphatic rings. The van der Waals surface area contributed by atoms with Gasteiger partial charge in [0.2, 0.25) is 10.0 Å². The number of sulfonamides is 1. The molecule has 2 heterocycles. The number of hydrogen-bond acceptors (Lipinski definition) is 6. The van der Waals surface area contributed by atoms with E-state index in [9.17, 15) is 13.2 Å². The van der Waals surface area contributed by atoms with Crippen LogP contribution in [0.1, 0.15) is 22.6 Å². The minimum Gasteiger partial charge on any atom is -0.484 e. The summed E-state index contributed by atoms with van der Waals surface area (Å²) < 4.78 is 37.7. The van der Waals surface area contributed by atoms with E-state index in [1.165, 1.54) is 4.31 Å². The monoisotopic (exact) mass is 407 g/mol. The summed E-state index contributed by atoms with van der Waals surface area (Å²) in [7, 11) is -3.69. The molecule has 0 radical (unpaired) electrons. The summed E-state index contributed by atoms with van der Waals surface area (Å²) in [5.74, 6) is 0.797. The summed E-state index contributed by atoms with van der Waals surface area (Å²) in [6.45, 7) is 8.13. The molecule has 0 unspecified atom stereocenters. The molecule has 2 aromatic rings. The normalized spacial score (nSPS) is 15.6. The summed E-state index contributed by atoms with van der Waals surface area (Å²) in [5.41, 5.74) is 2.45. The first kappa shape index (κ1) is 20.3. The summed E-state index contributed by atoms with van der Waals surface area (Å²) in [6.07, 6.45) is 0. The molecule has 1 aromatic carbocycles. The van der Waals surface area contributed by atoms with Gasteiger partial charge in [0.15, 0.2) is 12.4 Å². The zero-order chi connectivity index (χ0) is 20.5. The van der Waals surface area contributed by atoms with Crippen molar-refractivity contribution >= 4 is 15.9 Å². The Balaban J connectivity index is 1.58. The molecule has 0 aliphatic carbocycles. The van der Waals surface area contributed by atoms with Crippen LogP contribution in [0.15, 0.2) is 27.6 Å². The van der Waals surface area contributed by atoms with Gasteiger partial charge in [0, 0.05) is 26.2 Å². The second-order valence-electron chi connectivity index (χ2n) is 7.00. The molecule has 0 N–H and O–H groups in total. The van der Waals surface area contributed by atoms with Crippen LogP contribution in [0.25, 0.3) is 0 Å². The van der Waals surface area contributed by atoms with E-state index in [0.717, 1.165) is 11.1 Å². The Morgan fingerprint density at radius 3 is 2.39 bits per heavy atom. The van der Waals surface area contributed by atoms with Crippen LogP contribution in [0.2, 0.25) is 0 Å². The summed E-state index contributed by atoms with van der Waals surface area (Å²) in [5, 5.41) is 3.72. The van der Waals surface area contributed by atoms with E-state index in [0.29, 0.717) is 24.5 Å². The fourth-order valence-corrected chi connectivity index (χ4v) is 5.06. The van der Waals surface area contributed by atoms with Crippen LogP contribution in [-0.2, 0) is 14.8 Å². The van der Waals surface area contributed by atoms with Crippen molar-refractivity contribution in [1.29, 1.82) is 0 Å². The Morgan fingerprint density at radius 1 is 1.14 bits per heavy atom. The maximum atomic E-state index is 12.8. The predicted octanol–water partition coefficient (Wildman–Crippen LogP) is 1.82. The van der Waals surface area contributed by atoms with Gasteiger partial charge in [-0.1, -0.05) is 22.9 Å². The van der Waals surface area contributed by atoms with Crippen LogP contribution in [-0.4, -0.2) is 61.5 Å². The van der Waals surface area contributed by atoms with E-state index in [2.05, 4.69) is 5.16 Å². The molecular formula is C19H25N3O5S. The number of piperazine rings is 1. The van der Waals surface area contributed by atoms with Crippen LogP contribution >= 0.6 is 0 Å². The zero-order valence-corrected chi connectivity index (χ0v) is 17.4. The zero-order valence-electron chi connectivity index (χ0n) is 16.6. The molecular weight excluding hydrogens is 382 g/mol. The standard InChI is InChI=1S/C19H25N3O5S/c1-13-5-6-17(14(2)11-13)26-12-18(23)21-7-9-22(10-8-21)28(24,25)19-15(3)20-27-16(19)4/h5-6,11H,7-10,12H2,1-4H3. The molecule has 152 valence electrons. The molecule has 1 saturated heterocycles. The van der Waals surface area contributed by atoms with Gasteiger partial charge in [-0.3, -0.25) is 4.79 Å². The van der Waals surface area contributed by atoms with Crippen molar-refractivity contribution in [3.63, 3.8) is 0 Å². The number of ether oxygens (including phenoxy) is 1. The van der Waals surface area contributed by atoms with Crippen LogP contribution in [0.5, 0.6) is 5.75 Å². The summed E-state index contributed by atoms with van der Waals surface area (Å²) in [4.78, 5) is 14.2. The lowest BCUT2D eigenvalue weighted by Crippen LogP contribution is -2.51. The first-order valence-electron chi connectivity index (χ1n) is 9.11. The Labute approximate surface area is 165 Å². The van der Waals surface area contributed by atoms with Crippen LogP contribution < -0.4 is 4.74 Å². The number of carbonyl (C=O) groups is 1. The number of rotatable bonds is 5. The second kappa shape index (κ2) is 7.92. The topological polar surface area (TPSA) is 93.0 Å². The molecule has 9 heteroatoms. The molecule has 0 bridgehead atoms. The number of nitrogens with zero attached hydrogens (tertiary/aromatic N) is 3. The van der Waals surface area contributed by atoms with Crippen molar-refractivity contribution in [3.05, 3.63) is 40.8 Å².